The Morgan fingerprint density at radius 3 is 2.47 bits per heavy atom. The van der Waals surface area contributed by atoms with Crippen LogP contribution in [0.5, 0.6) is 0 Å². The number of aryl methyl sites for hydroxylation is 1. The number of rotatable bonds is 4. The minimum Gasteiger partial charge on any atom is -0.211 e. The summed E-state index contributed by atoms with van der Waals surface area (Å²) in [5, 5.41) is 0.268. The lowest BCUT2D eigenvalue weighted by atomic mass is 9.89. The van der Waals surface area contributed by atoms with Crippen molar-refractivity contribution in [3.63, 3.8) is 0 Å². The van der Waals surface area contributed by atoms with E-state index in [9.17, 15) is 8.42 Å². The van der Waals surface area contributed by atoms with Gasteiger partial charge in [-0.05, 0) is 50.2 Å². The molecule has 0 spiro atoms. The first-order valence-electron chi connectivity index (χ1n) is 6.68. The normalized spacial score (nSPS) is 24.3. The molecule has 1 saturated carbocycles. The Labute approximate surface area is 120 Å². The van der Waals surface area contributed by atoms with E-state index in [1.54, 1.807) is 12.1 Å². The van der Waals surface area contributed by atoms with E-state index in [1.165, 1.54) is 0 Å². The Morgan fingerprint density at radius 1 is 1.21 bits per heavy atom. The van der Waals surface area contributed by atoms with Crippen molar-refractivity contribution in [3.05, 3.63) is 29.8 Å². The molecule has 0 radical (unpaired) electrons. The topological polar surface area (TPSA) is 46.2 Å². The standard InChI is InChI=1S/C14H20ClNO2S/c1-11-4-2-3-5-14(11)19(17,18)16-10-12-6-8-13(15)9-7-12/h2-5,12-13,16H,6-10H2,1H3. The van der Waals surface area contributed by atoms with Crippen molar-refractivity contribution in [2.75, 3.05) is 6.54 Å². The molecule has 0 heterocycles. The van der Waals surface area contributed by atoms with Crippen LogP contribution in [0.4, 0.5) is 0 Å². The van der Waals surface area contributed by atoms with Crippen LogP contribution in [0, 0.1) is 12.8 Å². The Kier molecular flexibility index (Phi) is 4.87. The third-order valence-electron chi connectivity index (χ3n) is 3.72. The lowest BCUT2D eigenvalue weighted by molar-refractivity contribution is 0.361. The van der Waals surface area contributed by atoms with Gasteiger partial charge in [0.1, 0.15) is 0 Å². The molecule has 0 amide bonds. The van der Waals surface area contributed by atoms with Gasteiger partial charge in [0, 0.05) is 11.9 Å². The molecule has 1 N–H and O–H groups in total. The van der Waals surface area contributed by atoms with Crippen LogP contribution in [0.2, 0.25) is 0 Å². The van der Waals surface area contributed by atoms with E-state index >= 15 is 0 Å². The first-order chi connectivity index (χ1) is 8.99. The minimum absolute atomic E-state index is 0.268. The molecule has 106 valence electrons. The zero-order chi connectivity index (χ0) is 13.9. The Bertz CT molecular complexity index is 522. The van der Waals surface area contributed by atoms with Crippen molar-refractivity contribution in [2.24, 2.45) is 5.92 Å². The third kappa shape index (κ3) is 3.94. The molecule has 1 aliphatic carbocycles. The van der Waals surface area contributed by atoms with Crippen molar-refractivity contribution in [1.29, 1.82) is 0 Å². The summed E-state index contributed by atoms with van der Waals surface area (Å²) in [5.41, 5.74) is 0.777. The SMILES string of the molecule is Cc1ccccc1S(=O)(=O)NCC1CCC(Cl)CC1. The van der Waals surface area contributed by atoms with Crippen LogP contribution in [0.1, 0.15) is 31.2 Å². The van der Waals surface area contributed by atoms with Gasteiger partial charge in [-0.15, -0.1) is 11.6 Å². The van der Waals surface area contributed by atoms with Crippen molar-refractivity contribution < 1.29 is 8.42 Å². The average molecular weight is 302 g/mol. The van der Waals surface area contributed by atoms with Crippen LogP contribution in [0.3, 0.4) is 0 Å². The summed E-state index contributed by atoms with van der Waals surface area (Å²) in [6.45, 7) is 2.33. The maximum absolute atomic E-state index is 12.2. The van der Waals surface area contributed by atoms with Crippen molar-refractivity contribution in [3.8, 4) is 0 Å². The molecule has 19 heavy (non-hydrogen) atoms. The maximum atomic E-state index is 12.2. The Morgan fingerprint density at radius 2 is 1.84 bits per heavy atom. The lowest BCUT2D eigenvalue weighted by Gasteiger charge is -2.25. The molecular weight excluding hydrogens is 282 g/mol. The summed E-state index contributed by atoms with van der Waals surface area (Å²) < 4.78 is 27.2. The van der Waals surface area contributed by atoms with E-state index < -0.39 is 10.0 Å². The molecule has 1 fully saturated rings. The van der Waals surface area contributed by atoms with Crippen molar-refractivity contribution in [2.45, 2.75) is 42.9 Å². The number of nitrogens with one attached hydrogen (secondary N) is 1. The fourth-order valence-corrected chi connectivity index (χ4v) is 4.10. The average Bonchev–Trinajstić information content (AvgIpc) is 2.38. The van der Waals surface area contributed by atoms with Gasteiger partial charge in [-0.3, -0.25) is 0 Å². The Hall–Kier alpha value is -0.580. The highest BCUT2D eigenvalue weighted by molar-refractivity contribution is 7.89. The molecule has 0 saturated heterocycles. The van der Waals surface area contributed by atoms with Crippen LogP contribution in [-0.2, 0) is 10.0 Å². The molecule has 2 rings (SSSR count). The second kappa shape index (κ2) is 6.25. The highest BCUT2D eigenvalue weighted by Gasteiger charge is 2.22. The molecule has 0 atom stereocenters. The number of hydrogen-bond donors (Lipinski definition) is 1. The highest BCUT2D eigenvalue weighted by atomic mass is 35.5. The van der Waals surface area contributed by atoms with Crippen LogP contribution in [0.15, 0.2) is 29.2 Å². The zero-order valence-corrected chi connectivity index (χ0v) is 12.7. The maximum Gasteiger partial charge on any atom is 0.240 e. The van der Waals surface area contributed by atoms with Gasteiger partial charge in [-0.25, -0.2) is 13.1 Å². The number of benzene rings is 1. The smallest absolute Gasteiger partial charge is 0.211 e. The van der Waals surface area contributed by atoms with Gasteiger partial charge in [0.15, 0.2) is 0 Å². The summed E-state index contributed by atoms with van der Waals surface area (Å²) in [6.07, 6.45) is 3.98. The van der Waals surface area contributed by atoms with Gasteiger partial charge in [0.2, 0.25) is 10.0 Å². The van der Waals surface area contributed by atoms with E-state index in [-0.39, 0.29) is 5.38 Å². The van der Waals surface area contributed by atoms with Gasteiger partial charge >= 0.3 is 0 Å². The molecular formula is C14H20ClNO2S. The molecule has 1 aliphatic rings. The lowest BCUT2D eigenvalue weighted by Crippen LogP contribution is -2.31. The predicted octanol–water partition coefficient (Wildman–Crippen LogP) is 3.07. The third-order valence-corrected chi connectivity index (χ3v) is 5.74. The van der Waals surface area contributed by atoms with E-state index in [1.807, 2.05) is 19.1 Å². The predicted molar refractivity (Wildman–Crippen MR) is 78.0 cm³/mol. The second-order valence-electron chi connectivity index (χ2n) is 5.24. The van der Waals surface area contributed by atoms with Crippen molar-refractivity contribution >= 4 is 21.6 Å². The molecule has 0 aromatic heterocycles. The molecule has 1 aromatic rings. The van der Waals surface area contributed by atoms with Crippen molar-refractivity contribution in [1.82, 2.24) is 4.72 Å². The molecule has 0 unspecified atom stereocenters. The zero-order valence-electron chi connectivity index (χ0n) is 11.1. The van der Waals surface area contributed by atoms with Gasteiger partial charge in [0.05, 0.1) is 4.90 Å². The number of hydrogen-bond acceptors (Lipinski definition) is 2. The summed E-state index contributed by atoms with van der Waals surface area (Å²) >= 11 is 6.05. The highest BCUT2D eigenvalue weighted by Crippen LogP contribution is 2.27. The van der Waals surface area contributed by atoms with Gasteiger partial charge in [-0.2, -0.15) is 0 Å². The first-order valence-corrected chi connectivity index (χ1v) is 8.60. The number of halogens is 1. The van der Waals surface area contributed by atoms with Gasteiger partial charge in [0.25, 0.3) is 0 Å². The van der Waals surface area contributed by atoms with Gasteiger partial charge < -0.3 is 0 Å². The first kappa shape index (κ1) is 14.8. The summed E-state index contributed by atoms with van der Waals surface area (Å²) in [4.78, 5) is 0.376. The number of sulfonamides is 1. The molecule has 3 nitrogen and oxygen atoms in total. The van der Waals surface area contributed by atoms with E-state index in [0.29, 0.717) is 17.4 Å². The summed E-state index contributed by atoms with van der Waals surface area (Å²) in [7, 11) is -3.39. The van der Waals surface area contributed by atoms with E-state index in [2.05, 4.69) is 4.72 Å². The van der Waals surface area contributed by atoms with Crippen LogP contribution < -0.4 is 4.72 Å². The monoisotopic (exact) mass is 301 g/mol. The van der Waals surface area contributed by atoms with Crippen LogP contribution >= 0.6 is 11.6 Å². The quantitative estimate of drug-likeness (QED) is 0.869. The fourth-order valence-electron chi connectivity index (χ4n) is 2.49. The van der Waals surface area contributed by atoms with Gasteiger partial charge in [-0.1, -0.05) is 18.2 Å². The fraction of sp³-hybridized carbons (Fsp3) is 0.571. The number of alkyl halides is 1. The molecule has 5 heteroatoms. The van der Waals surface area contributed by atoms with Crippen LogP contribution in [-0.4, -0.2) is 20.3 Å². The largest absolute Gasteiger partial charge is 0.240 e. The second-order valence-corrected chi connectivity index (χ2v) is 7.59. The minimum atomic E-state index is -3.39. The molecule has 0 bridgehead atoms. The van der Waals surface area contributed by atoms with Crippen LogP contribution in [0.25, 0.3) is 0 Å². The summed E-state index contributed by atoms with van der Waals surface area (Å²) in [5.74, 6) is 0.411. The Balaban J connectivity index is 1.97. The summed E-state index contributed by atoms with van der Waals surface area (Å²) in [6, 6.07) is 7.05. The van der Waals surface area contributed by atoms with E-state index in [4.69, 9.17) is 11.6 Å². The molecule has 1 aromatic carbocycles. The van der Waals surface area contributed by atoms with E-state index in [0.717, 1.165) is 31.2 Å². The molecule has 0 aliphatic heterocycles.